The second-order valence-corrected chi connectivity index (χ2v) is 24.8. The lowest BCUT2D eigenvalue weighted by Crippen LogP contribution is -2.59. The van der Waals surface area contributed by atoms with Crippen LogP contribution in [0.5, 0.6) is 0 Å². The van der Waals surface area contributed by atoms with Crippen molar-refractivity contribution in [2.45, 2.75) is 206 Å². The summed E-state index contributed by atoms with van der Waals surface area (Å²) in [4.78, 5) is 83.6. The van der Waals surface area contributed by atoms with Crippen molar-refractivity contribution in [1.29, 1.82) is 0 Å². The number of hydrogen-bond donors (Lipinski definition) is 19. The summed E-state index contributed by atoms with van der Waals surface area (Å²) in [6.07, 6.45) is -27.3. The third-order valence-corrected chi connectivity index (χ3v) is 17.2. The molecule has 0 saturated carbocycles. The summed E-state index contributed by atoms with van der Waals surface area (Å²) >= 11 is 0. The van der Waals surface area contributed by atoms with Gasteiger partial charge in [-0.1, -0.05) is 49.6 Å². The summed E-state index contributed by atoms with van der Waals surface area (Å²) in [6, 6.07) is 9.22. The van der Waals surface area contributed by atoms with Crippen molar-refractivity contribution < 1.29 is 153 Å². The molecule has 1 aromatic rings. The molecule has 20 atom stereocenters. The lowest BCUT2D eigenvalue weighted by atomic mass is 9.99. The van der Waals surface area contributed by atoms with Gasteiger partial charge in [0.2, 0.25) is 29.5 Å². The first-order chi connectivity index (χ1) is 47.9. The zero-order valence-electron chi connectivity index (χ0n) is 56.0. The van der Waals surface area contributed by atoms with Gasteiger partial charge in [-0.05, 0) is 44.1 Å². The fourth-order valence-corrected chi connectivity index (χ4v) is 11.1. The third-order valence-electron chi connectivity index (χ3n) is 17.2. The summed E-state index contributed by atoms with van der Waals surface area (Å²) in [5, 5.41) is 170. The fourth-order valence-electron chi connectivity index (χ4n) is 11.1. The first-order valence-corrected chi connectivity index (χ1v) is 33.9. The van der Waals surface area contributed by atoms with Gasteiger partial charge in [-0.3, -0.25) is 33.7 Å². The summed E-state index contributed by atoms with van der Waals surface area (Å²) in [5.41, 5.74) is 0.855. The van der Waals surface area contributed by atoms with Crippen LogP contribution in [0, 0.1) is 0 Å². The van der Waals surface area contributed by atoms with Crippen molar-refractivity contribution in [2.75, 3.05) is 118 Å². The summed E-state index contributed by atoms with van der Waals surface area (Å²) in [5.74, 6) is -2.73. The van der Waals surface area contributed by atoms with Crippen LogP contribution in [0.25, 0.3) is 0 Å². The van der Waals surface area contributed by atoms with E-state index in [-0.39, 0.29) is 124 Å². The Morgan fingerprint density at radius 1 is 0.370 bits per heavy atom. The van der Waals surface area contributed by atoms with Crippen molar-refractivity contribution in [3.63, 3.8) is 0 Å². The lowest BCUT2D eigenvalue weighted by molar-refractivity contribution is -0.303. The minimum absolute atomic E-state index is 0.0330. The molecule has 4 saturated heterocycles. The minimum Gasteiger partial charge on any atom is -0.461 e. The number of unbranched alkanes of at least 4 members (excludes halogenated alkanes) is 6. The smallest absolute Gasteiger partial charge is 0.306 e. The Kier molecular flexibility index (Phi) is 39.4. The molecule has 4 aliphatic heterocycles. The highest BCUT2D eigenvalue weighted by molar-refractivity contribution is 5.84. The Bertz CT molecular complexity index is 2310. The van der Waals surface area contributed by atoms with E-state index in [0.29, 0.717) is 57.8 Å². The Hall–Kier alpha value is -4.96. The Morgan fingerprint density at radius 2 is 0.660 bits per heavy atom. The molecule has 0 bridgehead atoms. The quantitative estimate of drug-likeness (QED) is 0.0213. The number of amides is 5. The molecule has 0 spiro atoms. The van der Waals surface area contributed by atoms with Crippen molar-refractivity contribution in [3.8, 4) is 0 Å². The van der Waals surface area contributed by atoms with E-state index in [4.69, 9.17) is 42.6 Å². The molecular formula is C63H106N6O31. The van der Waals surface area contributed by atoms with E-state index in [1.54, 1.807) is 0 Å². The number of benzene rings is 1. The molecule has 5 rings (SSSR count). The summed E-state index contributed by atoms with van der Waals surface area (Å²) < 4.78 is 49.3. The molecule has 4 fully saturated rings. The van der Waals surface area contributed by atoms with Crippen molar-refractivity contribution in [3.05, 3.63) is 35.9 Å². The van der Waals surface area contributed by atoms with Crippen LogP contribution < -0.4 is 16.0 Å². The second-order valence-electron chi connectivity index (χ2n) is 24.8. The second kappa shape index (κ2) is 46.0. The molecule has 100 heavy (non-hydrogen) atoms. The van der Waals surface area contributed by atoms with Crippen molar-refractivity contribution >= 4 is 35.5 Å². The topological polar surface area (TPSA) is 555 Å². The molecular weight excluding hydrogens is 1340 g/mol. The van der Waals surface area contributed by atoms with E-state index in [0.717, 1.165) is 5.56 Å². The van der Waals surface area contributed by atoms with Gasteiger partial charge in [0.05, 0.1) is 72.5 Å². The number of aliphatic hydroxyl groups excluding tert-OH is 16. The van der Waals surface area contributed by atoms with Crippen LogP contribution in [0.2, 0.25) is 0 Å². The maximum absolute atomic E-state index is 13.6. The molecule has 0 aromatic heterocycles. The van der Waals surface area contributed by atoms with Crippen LogP contribution in [-0.4, -0.2) is 373 Å². The van der Waals surface area contributed by atoms with Gasteiger partial charge >= 0.3 is 5.97 Å². The number of esters is 1. The standard InChI is InChI=1S/C63H106N6O31/c70-32-38-48(80)52(84)56(88)60(97-38)92-25-21-68(22-26-93-61-57(89)53(85)49(81)39(33-71)98-61)45(77)15-7-2-10-18-64-42(74)29-67(31-44(76)66-20-12-4-9-17-47(79)96-36-37-13-5-1-6-14-37)30-43(75)65-19-11-3-8-16-46(78)69(23-27-94-62-58(90)54(86)50(82)40(34-72)99-62)24-28-95-63-59(91)55(87)51(83)41(35-73)100-63/h1,5-6,13-14,38-41,48-63,70-73,80-91H,2-4,7-12,15-36H2,(H,64,74)(H,65,75)(H,66,76)/t38-,39-,40-,41-,48-,49-,50-,51-,52+,53+,54+,55+,56+,57+,58+,59+,60+,61+,62+,63+/m1/s1. The van der Waals surface area contributed by atoms with Gasteiger partial charge < -0.3 is 150 Å². The van der Waals surface area contributed by atoms with Gasteiger partial charge in [0.1, 0.15) is 104 Å². The van der Waals surface area contributed by atoms with Crippen LogP contribution in [-0.2, 0) is 78.0 Å². The van der Waals surface area contributed by atoms with Gasteiger partial charge in [0.15, 0.2) is 25.2 Å². The lowest BCUT2D eigenvalue weighted by Gasteiger charge is -2.40. The Morgan fingerprint density at radius 3 is 0.950 bits per heavy atom. The number of nitrogens with zero attached hydrogens (tertiary/aromatic N) is 3. The van der Waals surface area contributed by atoms with Crippen LogP contribution >= 0.6 is 0 Å². The molecule has 37 heteroatoms. The number of aliphatic hydroxyl groups is 16. The molecule has 19 N–H and O–H groups in total. The van der Waals surface area contributed by atoms with Gasteiger partial charge in [0.25, 0.3) is 0 Å². The summed E-state index contributed by atoms with van der Waals surface area (Å²) in [7, 11) is 0. The Balaban J connectivity index is 1.10. The average molecular weight is 1440 g/mol. The SMILES string of the molecule is O=C(CN(CC(=O)NCCCCCC(=O)N(CCO[C@H]1O[C@H](CO)[C@@H](O)[C@H](O)[C@@H]1O)CCO[C@H]1O[C@H](CO)[C@@H](O)[C@H](O)[C@@H]1O)CC(=O)NCCCCCC(=O)N(CCO[C@H]1O[C@H](CO)[C@@H](O)[C@H](O)[C@@H]1O)CCO[C@H]1O[C@H](CO)[C@@H](O)[C@H](O)[C@@H]1O)NCCCCCC(=O)OCc1ccccc1. The number of hydrogen-bond acceptors (Lipinski definition) is 32. The number of carbonyl (C=O) groups excluding carboxylic acids is 6. The zero-order chi connectivity index (χ0) is 73.3. The van der Waals surface area contributed by atoms with Gasteiger partial charge in [0, 0.05) is 65.1 Å². The van der Waals surface area contributed by atoms with Gasteiger partial charge in [-0.25, -0.2) is 0 Å². The Labute approximate surface area is 578 Å². The minimum atomic E-state index is -1.72. The average Bonchev–Trinajstić information content (AvgIpc) is 0.842. The molecule has 0 unspecified atom stereocenters. The van der Waals surface area contributed by atoms with E-state index in [1.165, 1.54) is 14.7 Å². The van der Waals surface area contributed by atoms with Gasteiger partial charge in [-0.15, -0.1) is 0 Å². The molecule has 1 aromatic carbocycles. The van der Waals surface area contributed by atoms with Crippen LogP contribution in [0.1, 0.15) is 82.6 Å². The van der Waals surface area contributed by atoms with E-state index < -0.39 is 179 Å². The molecule has 574 valence electrons. The van der Waals surface area contributed by atoms with E-state index in [2.05, 4.69) is 16.0 Å². The molecule has 4 aliphatic rings. The largest absolute Gasteiger partial charge is 0.461 e. The number of ether oxygens (including phenoxy) is 9. The molecule has 0 radical (unpaired) electrons. The third kappa shape index (κ3) is 28.2. The highest BCUT2D eigenvalue weighted by Crippen LogP contribution is 2.26. The molecule has 0 aliphatic carbocycles. The first-order valence-electron chi connectivity index (χ1n) is 33.9. The first kappa shape index (κ1) is 85.7. The highest BCUT2D eigenvalue weighted by Gasteiger charge is 2.48. The van der Waals surface area contributed by atoms with E-state index >= 15 is 0 Å². The molecule has 4 heterocycles. The van der Waals surface area contributed by atoms with Crippen LogP contribution in [0.4, 0.5) is 0 Å². The monoisotopic (exact) mass is 1440 g/mol. The molecule has 5 amide bonds. The van der Waals surface area contributed by atoms with Crippen LogP contribution in [0.3, 0.4) is 0 Å². The van der Waals surface area contributed by atoms with Crippen molar-refractivity contribution in [1.82, 2.24) is 30.7 Å². The predicted octanol–water partition coefficient (Wildman–Crippen LogP) is -9.02. The molecule has 37 nitrogen and oxygen atoms in total. The number of carbonyl (C=O) groups is 6. The number of nitrogens with one attached hydrogen (secondary N) is 3. The van der Waals surface area contributed by atoms with Gasteiger partial charge in [-0.2, -0.15) is 0 Å². The maximum Gasteiger partial charge on any atom is 0.306 e. The summed E-state index contributed by atoms with van der Waals surface area (Å²) in [6.45, 7) is -5.00. The van der Waals surface area contributed by atoms with Crippen molar-refractivity contribution in [2.24, 2.45) is 0 Å². The van der Waals surface area contributed by atoms with Crippen LogP contribution in [0.15, 0.2) is 30.3 Å². The van der Waals surface area contributed by atoms with E-state index in [9.17, 15) is 110 Å². The van der Waals surface area contributed by atoms with E-state index in [1.807, 2.05) is 30.3 Å². The fraction of sp³-hybridized carbons (Fsp3) is 0.810. The maximum atomic E-state index is 13.6. The normalized spacial score (nSPS) is 30.0. The zero-order valence-corrected chi connectivity index (χ0v) is 56.0. The highest BCUT2D eigenvalue weighted by atomic mass is 16.7. The number of rotatable bonds is 46. The predicted molar refractivity (Wildman–Crippen MR) is 339 cm³/mol.